The van der Waals surface area contributed by atoms with Crippen molar-refractivity contribution in [3.63, 3.8) is 0 Å². The third-order valence-electron chi connectivity index (χ3n) is 4.99. The molecule has 0 unspecified atom stereocenters. The maximum atomic E-state index is 14.9. The summed E-state index contributed by atoms with van der Waals surface area (Å²) in [6.45, 7) is 0.0642. The van der Waals surface area contributed by atoms with Crippen LogP contribution < -0.4 is 10.7 Å². The Morgan fingerprint density at radius 2 is 1.91 bits per heavy atom. The van der Waals surface area contributed by atoms with E-state index >= 15 is 0 Å². The first-order chi connectivity index (χ1) is 16.0. The number of para-hydroxylation sites is 2. The molecule has 2 N–H and O–H groups in total. The van der Waals surface area contributed by atoms with Crippen LogP contribution in [0.3, 0.4) is 0 Å². The first kappa shape index (κ1) is 21.5. The molecule has 1 aromatic heterocycles. The van der Waals surface area contributed by atoms with Crippen LogP contribution in [0.5, 0.6) is 0 Å². The number of nitrogens with one attached hydrogen (secondary N) is 2. The van der Waals surface area contributed by atoms with Crippen molar-refractivity contribution in [2.75, 3.05) is 10.7 Å². The fourth-order valence-electron chi connectivity index (χ4n) is 3.43. The van der Waals surface area contributed by atoms with Crippen LogP contribution in [-0.4, -0.2) is 15.6 Å². The van der Waals surface area contributed by atoms with Gasteiger partial charge in [-0.3, -0.25) is 10.2 Å². The Bertz CT molecular complexity index is 1450. The van der Waals surface area contributed by atoms with Crippen LogP contribution in [0.15, 0.2) is 60.7 Å². The molecule has 1 heterocycles. The van der Waals surface area contributed by atoms with E-state index in [2.05, 4.69) is 21.6 Å². The Hall–Kier alpha value is -4.69. The molecule has 4 rings (SSSR count). The van der Waals surface area contributed by atoms with Crippen LogP contribution in [0.2, 0.25) is 0 Å². The second-order valence-corrected chi connectivity index (χ2v) is 7.11. The average Bonchev–Trinajstić information content (AvgIpc) is 3.15. The van der Waals surface area contributed by atoms with E-state index in [-0.39, 0.29) is 24.4 Å². The van der Waals surface area contributed by atoms with E-state index in [0.29, 0.717) is 33.7 Å². The van der Waals surface area contributed by atoms with Gasteiger partial charge in [-0.15, -0.1) is 6.42 Å². The molecule has 0 aliphatic rings. The minimum Gasteiger partial charge on any atom is -0.350 e. The maximum absolute atomic E-state index is 14.9. The molecule has 0 saturated carbocycles. The summed E-state index contributed by atoms with van der Waals surface area (Å²) < 4.78 is 30.2. The van der Waals surface area contributed by atoms with E-state index in [1.54, 1.807) is 36.4 Å². The van der Waals surface area contributed by atoms with Gasteiger partial charge in [-0.2, -0.15) is 5.26 Å². The molecule has 0 bridgehead atoms. The van der Waals surface area contributed by atoms with E-state index in [0.717, 1.165) is 0 Å². The van der Waals surface area contributed by atoms with Crippen LogP contribution in [0, 0.1) is 35.3 Å². The Kier molecular flexibility index (Phi) is 6.01. The highest BCUT2D eigenvalue weighted by molar-refractivity contribution is 5.89. The number of carbonyl (C=O) groups excluding carboxylic acids is 1. The number of halogens is 2. The number of amides is 1. The summed E-state index contributed by atoms with van der Waals surface area (Å²) in [5, 5.41) is 12.3. The zero-order valence-corrected chi connectivity index (χ0v) is 17.3. The fourth-order valence-corrected chi connectivity index (χ4v) is 3.43. The summed E-state index contributed by atoms with van der Waals surface area (Å²) in [5.41, 5.74) is 4.85. The number of nitrogens with zero attached hydrogens (tertiary/aromatic N) is 3. The molecule has 162 valence electrons. The minimum atomic E-state index is -0.660. The third kappa shape index (κ3) is 4.36. The average molecular weight is 441 g/mol. The molecule has 0 aliphatic carbocycles. The minimum absolute atomic E-state index is 0.0642. The van der Waals surface area contributed by atoms with Crippen molar-refractivity contribution >= 4 is 22.9 Å². The van der Waals surface area contributed by atoms with Gasteiger partial charge in [0.2, 0.25) is 5.95 Å². The van der Waals surface area contributed by atoms with E-state index in [9.17, 15) is 18.8 Å². The summed E-state index contributed by atoms with van der Waals surface area (Å²) in [7, 11) is 0. The number of benzene rings is 3. The number of fused-ring (bicyclic) bond motifs is 1. The van der Waals surface area contributed by atoms with Gasteiger partial charge in [0.25, 0.3) is 5.91 Å². The molecule has 0 fully saturated rings. The molecule has 0 radical (unpaired) electrons. The molecule has 0 spiro atoms. The molecule has 1 amide bonds. The summed E-state index contributed by atoms with van der Waals surface area (Å²) in [5.74, 6) is 1.01. The quantitative estimate of drug-likeness (QED) is 0.430. The highest BCUT2D eigenvalue weighted by Gasteiger charge is 2.15. The molecule has 0 atom stereocenters. The van der Waals surface area contributed by atoms with Crippen LogP contribution in [0.1, 0.15) is 17.5 Å². The van der Waals surface area contributed by atoms with Crippen LogP contribution in [-0.2, 0) is 11.3 Å². The lowest BCUT2D eigenvalue weighted by Crippen LogP contribution is -2.24. The maximum Gasteiger partial charge on any atom is 0.250 e. The third-order valence-corrected chi connectivity index (χ3v) is 4.99. The van der Waals surface area contributed by atoms with Gasteiger partial charge >= 0.3 is 0 Å². The summed E-state index contributed by atoms with van der Waals surface area (Å²) >= 11 is 0. The van der Waals surface area contributed by atoms with Crippen molar-refractivity contribution in [2.24, 2.45) is 0 Å². The summed E-state index contributed by atoms with van der Waals surface area (Å²) in [6, 6.07) is 17.6. The topological polar surface area (TPSA) is 82.7 Å². The summed E-state index contributed by atoms with van der Waals surface area (Å²) in [6.07, 6.45) is 5.11. The molecular formula is C25H17F2N5O. The van der Waals surface area contributed by atoms with Crippen LogP contribution >= 0.6 is 0 Å². The van der Waals surface area contributed by atoms with Gasteiger partial charge in [0, 0.05) is 17.7 Å². The number of hydrogen-bond donors (Lipinski definition) is 2. The number of rotatable bonds is 6. The number of hydrogen-bond acceptors (Lipinski definition) is 4. The number of anilines is 1. The Morgan fingerprint density at radius 1 is 1.09 bits per heavy atom. The van der Waals surface area contributed by atoms with Gasteiger partial charge in [0.05, 0.1) is 23.0 Å². The second kappa shape index (κ2) is 9.21. The number of nitriles is 1. The van der Waals surface area contributed by atoms with Gasteiger partial charge in [-0.25, -0.2) is 18.4 Å². The highest BCUT2D eigenvalue weighted by atomic mass is 19.1. The van der Waals surface area contributed by atoms with Crippen molar-refractivity contribution < 1.29 is 13.6 Å². The molecule has 0 aliphatic heterocycles. The van der Waals surface area contributed by atoms with Crippen molar-refractivity contribution in [3.05, 3.63) is 83.4 Å². The zero-order valence-electron chi connectivity index (χ0n) is 17.3. The lowest BCUT2D eigenvalue weighted by molar-refractivity contribution is -0.116. The first-order valence-corrected chi connectivity index (χ1v) is 9.94. The van der Waals surface area contributed by atoms with Crippen molar-refractivity contribution in [3.8, 4) is 29.5 Å². The van der Waals surface area contributed by atoms with Gasteiger partial charge in [-0.1, -0.05) is 42.3 Å². The van der Waals surface area contributed by atoms with Gasteiger partial charge in [0.15, 0.2) is 0 Å². The predicted molar refractivity (Wildman–Crippen MR) is 121 cm³/mol. The van der Waals surface area contributed by atoms with Crippen molar-refractivity contribution in [1.82, 2.24) is 9.66 Å². The monoisotopic (exact) mass is 441 g/mol. The lowest BCUT2D eigenvalue weighted by atomic mass is 9.98. The molecule has 3 aromatic carbocycles. The van der Waals surface area contributed by atoms with E-state index in [1.807, 2.05) is 12.1 Å². The molecule has 4 aromatic rings. The van der Waals surface area contributed by atoms with Crippen LogP contribution in [0.4, 0.5) is 14.7 Å². The second-order valence-electron chi connectivity index (χ2n) is 7.11. The van der Waals surface area contributed by atoms with E-state index in [1.165, 1.54) is 22.9 Å². The SMILES string of the molecule is C#CCC(=O)Nn1c(NCc2ccc(-c3cccc(F)c3C#N)cc2F)nc2ccccc21. The van der Waals surface area contributed by atoms with E-state index in [4.69, 9.17) is 6.42 Å². The van der Waals surface area contributed by atoms with Crippen molar-refractivity contribution in [2.45, 2.75) is 13.0 Å². The fraction of sp³-hybridized carbons (Fsp3) is 0.0800. The Labute approximate surface area is 188 Å². The predicted octanol–water partition coefficient (Wildman–Crippen LogP) is 4.56. The molecule has 6 nitrogen and oxygen atoms in total. The van der Waals surface area contributed by atoms with Gasteiger partial charge in [-0.05, 0) is 29.8 Å². The van der Waals surface area contributed by atoms with Gasteiger partial charge < -0.3 is 5.32 Å². The normalized spacial score (nSPS) is 10.4. The standard InChI is InChI=1S/C25H17F2N5O/c1-2-6-24(33)31-32-23-10-4-3-9-22(23)30-25(32)29-15-17-12-11-16(13-21(17)27)18-7-5-8-20(26)19(18)14-28/h1,3-5,7-13H,6,15H2,(H,29,30)(H,31,33). The largest absolute Gasteiger partial charge is 0.350 e. The van der Waals surface area contributed by atoms with Crippen LogP contribution in [0.25, 0.3) is 22.2 Å². The molecular weight excluding hydrogens is 424 g/mol. The number of carbonyl (C=O) groups is 1. The Morgan fingerprint density at radius 3 is 2.67 bits per heavy atom. The number of aromatic nitrogens is 2. The smallest absolute Gasteiger partial charge is 0.250 e. The summed E-state index contributed by atoms with van der Waals surface area (Å²) in [4.78, 5) is 16.5. The molecule has 0 saturated heterocycles. The Balaban J connectivity index is 1.60. The number of terminal acetylenes is 1. The zero-order chi connectivity index (χ0) is 23.4. The van der Waals surface area contributed by atoms with Gasteiger partial charge in [0.1, 0.15) is 17.7 Å². The van der Waals surface area contributed by atoms with Crippen molar-refractivity contribution in [1.29, 1.82) is 5.26 Å². The molecule has 33 heavy (non-hydrogen) atoms. The molecule has 8 heteroatoms. The lowest BCUT2D eigenvalue weighted by Gasteiger charge is -2.12. The first-order valence-electron chi connectivity index (χ1n) is 9.94. The highest BCUT2D eigenvalue weighted by Crippen LogP contribution is 2.27. The number of imidazole rings is 1. The van der Waals surface area contributed by atoms with E-state index < -0.39 is 11.6 Å².